The summed E-state index contributed by atoms with van der Waals surface area (Å²) in [5, 5.41) is 0. The Morgan fingerprint density at radius 3 is 2.31 bits per heavy atom. The molecule has 0 bridgehead atoms. The molecule has 2 nitrogen and oxygen atoms in total. The lowest BCUT2D eigenvalue weighted by molar-refractivity contribution is 0.132. The fourth-order valence-corrected chi connectivity index (χ4v) is 2.45. The lowest BCUT2D eigenvalue weighted by Crippen LogP contribution is -2.41. The zero-order valence-corrected chi connectivity index (χ0v) is 10.2. The zero-order chi connectivity index (χ0) is 11.5. The van der Waals surface area contributed by atoms with Gasteiger partial charge in [-0.2, -0.15) is 0 Å². The average molecular weight is 219 g/mol. The molecule has 0 heterocycles. The molecule has 0 radical (unpaired) electrons. The van der Waals surface area contributed by atoms with E-state index in [0.29, 0.717) is 0 Å². The van der Waals surface area contributed by atoms with Crippen LogP contribution in [0, 0.1) is 13.8 Å². The Labute approximate surface area is 97.8 Å². The molecule has 2 atom stereocenters. The maximum absolute atomic E-state index is 6.08. The van der Waals surface area contributed by atoms with Crippen LogP contribution in [0.25, 0.3) is 0 Å². The molecule has 0 saturated heterocycles. The quantitative estimate of drug-likeness (QED) is 0.830. The van der Waals surface area contributed by atoms with Crippen molar-refractivity contribution in [3.63, 3.8) is 0 Å². The molecular weight excluding hydrogens is 198 g/mol. The SMILES string of the molecule is Cc1cc(C)cc(OC2CCCCC2N)c1. The van der Waals surface area contributed by atoms with Crippen molar-refractivity contribution in [2.45, 2.75) is 51.7 Å². The van der Waals surface area contributed by atoms with Crippen LogP contribution in [0.4, 0.5) is 0 Å². The topological polar surface area (TPSA) is 35.2 Å². The molecule has 2 N–H and O–H groups in total. The molecule has 1 aromatic rings. The van der Waals surface area contributed by atoms with Crippen molar-refractivity contribution in [1.82, 2.24) is 0 Å². The van der Waals surface area contributed by atoms with Gasteiger partial charge in [0.1, 0.15) is 11.9 Å². The lowest BCUT2D eigenvalue weighted by Gasteiger charge is -2.29. The predicted octanol–water partition coefficient (Wildman–Crippen LogP) is 2.95. The smallest absolute Gasteiger partial charge is 0.120 e. The number of benzene rings is 1. The van der Waals surface area contributed by atoms with Crippen LogP contribution in [0.5, 0.6) is 5.75 Å². The number of hydrogen-bond donors (Lipinski definition) is 1. The summed E-state index contributed by atoms with van der Waals surface area (Å²) in [4.78, 5) is 0. The molecule has 1 aromatic carbocycles. The number of nitrogens with two attached hydrogens (primary N) is 1. The summed E-state index contributed by atoms with van der Waals surface area (Å²) in [6.45, 7) is 4.20. The van der Waals surface area contributed by atoms with Gasteiger partial charge in [-0.05, 0) is 56.4 Å². The Kier molecular flexibility index (Phi) is 3.49. The molecule has 2 rings (SSSR count). The number of ether oxygens (including phenoxy) is 1. The minimum absolute atomic E-state index is 0.203. The molecule has 1 aliphatic carbocycles. The van der Waals surface area contributed by atoms with Crippen molar-refractivity contribution in [3.8, 4) is 5.75 Å². The summed E-state index contributed by atoms with van der Waals surface area (Å²) in [7, 11) is 0. The van der Waals surface area contributed by atoms with Gasteiger partial charge in [-0.25, -0.2) is 0 Å². The van der Waals surface area contributed by atoms with E-state index in [4.69, 9.17) is 10.5 Å². The number of rotatable bonds is 2. The third kappa shape index (κ3) is 2.76. The minimum atomic E-state index is 0.203. The van der Waals surface area contributed by atoms with Crippen molar-refractivity contribution in [2.75, 3.05) is 0 Å². The first-order valence-electron chi connectivity index (χ1n) is 6.16. The second-order valence-corrected chi connectivity index (χ2v) is 4.93. The molecule has 2 unspecified atom stereocenters. The third-order valence-electron chi connectivity index (χ3n) is 3.24. The van der Waals surface area contributed by atoms with E-state index in [-0.39, 0.29) is 12.1 Å². The zero-order valence-electron chi connectivity index (χ0n) is 10.2. The monoisotopic (exact) mass is 219 g/mol. The van der Waals surface area contributed by atoms with Crippen LogP contribution < -0.4 is 10.5 Å². The van der Waals surface area contributed by atoms with E-state index >= 15 is 0 Å². The summed E-state index contributed by atoms with van der Waals surface area (Å²) in [5.41, 5.74) is 8.58. The largest absolute Gasteiger partial charge is 0.489 e. The highest BCUT2D eigenvalue weighted by Crippen LogP contribution is 2.24. The van der Waals surface area contributed by atoms with E-state index in [2.05, 4.69) is 32.0 Å². The van der Waals surface area contributed by atoms with Crippen LogP contribution in [0.3, 0.4) is 0 Å². The van der Waals surface area contributed by atoms with Crippen LogP contribution in [0.2, 0.25) is 0 Å². The average Bonchev–Trinajstić information content (AvgIpc) is 2.20. The Balaban J connectivity index is 2.07. The van der Waals surface area contributed by atoms with Crippen LogP contribution in [-0.2, 0) is 0 Å². The molecule has 1 saturated carbocycles. The van der Waals surface area contributed by atoms with E-state index < -0.39 is 0 Å². The second kappa shape index (κ2) is 4.88. The van der Waals surface area contributed by atoms with E-state index in [1.807, 2.05) is 0 Å². The highest BCUT2D eigenvalue weighted by Gasteiger charge is 2.23. The van der Waals surface area contributed by atoms with Gasteiger partial charge in [0, 0.05) is 6.04 Å². The Morgan fingerprint density at radius 1 is 1.06 bits per heavy atom. The highest BCUT2D eigenvalue weighted by atomic mass is 16.5. The van der Waals surface area contributed by atoms with Gasteiger partial charge >= 0.3 is 0 Å². The molecule has 1 aliphatic rings. The summed E-state index contributed by atoms with van der Waals surface area (Å²) in [5.74, 6) is 0.972. The molecule has 88 valence electrons. The molecule has 0 amide bonds. The van der Waals surface area contributed by atoms with Gasteiger partial charge in [0.2, 0.25) is 0 Å². The van der Waals surface area contributed by atoms with Crippen molar-refractivity contribution in [2.24, 2.45) is 5.73 Å². The number of aryl methyl sites for hydroxylation is 2. The van der Waals surface area contributed by atoms with Gasteiger partial charge in [0.05, 0.1) is 0 Å². The van der Waals surface area contributed by atoms with Gasteiger partial charge in [-0.15, -0.1) is 0 Å². The first-order valence-corrected chi connectivity index (χ1v) is 6.16. The van der Waals surface area contributed by atoms with Gasteiger partial charge < -0.3 is 10.5 Å². The maximum atomic E-state index is 6.08. The fourth-order valence-electron chi connectivity index (χ4n) is 2.45. The van der Waals surface area contributed by atoms with Crippen LogP contribution in [0.15, 0.2) is 18.2 Å². The molecule has 1 fully saturated rings. The second-order valence-electron chi connectivity index (χ2n) is 4.93. The lowest BCUT2D eigenvalue weighted by atomic mass is 9.93. The van der Waals surface area contributed by atoms with E-state index in [9.17, 15) is 0 Å². The van der Waals surface area contributed by atoms with Crippen molar-refractivity contribution in [1.29, 1.82) is 0 Å². The van der Waals surface area contributed by atoms with Gasteiger partial charge in [0.25, 0.3) is 0 Å². The van der Waals surface area contributed by atoms with Crippen molar-refractivity contribution < 1.29 is 4.74 Å². The van der Waals surface area contributed by atoms with Crippen molar-refractivity contribution >= 4 is 0 Å². The van der Waals surface area contributed by atoms with Crippen molar-refractivity contribution in [3.05, 3.63) is 29.3 Å². The van der Waals surface area contributed by atoms with E-state index in [0.717, 1.165) is 18.6 Å². The van der Waals surface area contributed by atoms with E-state index in [1.165, 1.54) is 24.0 Å². The summed E-state index contributed by atoms with van der Waals surface area (Å²) >= 11 is 0. The fraction of sp³-hybridized carbons (Fsp3) is 0.571. The molecule has 16 heavy (non-hydrogen) atoms. The first kappa shape index (κ1) is 11.5. The van der Waals surface area contributed by atoms with Crippen LogP contribution in [-0.4, -0.2) is 12.1 Å². The molecule has 0 aliphatic heterocycles. The van der Waals surface area contributed by atoms with E-state index in [1.54, 1.807) is 0 Å². The Morgan fingerprint density at radius 2 is 1.69 bits per heavy atom. The predicted molar refractivity (Wildman–Crippen MR) is 66.8 cm³/mol. The standard InChI is InChI=1S/C14H21NO/c1-10-7-11(2)9-12(8-10)16-14-6-4-3-5-13(14)15/h7-9,13-14H,3-6,15H2,1-2H3. The minimum Gasteiger partial charge on any atom is -0.489 e. The van der Waals surface area contributed by atoms with Crippen LogP contribution in [0.1, 0.15) is 36.8 Å². The Bertz CT molecular complexity index is 342. The third-order valence-corrected chi connectivity index (χ3v) is 3.24. The maximum Gasteiger partial charge on any atom is 0.120 e. The molecular formula is C14H21NO. The molecule has 2 heteroatoms. The highest BCUT2D eigenvalue weighted by molar-refractivity contribution is 5.33. The molecule has 0 aromatic heterocycles. The number of hydrogen-bond acceptors (Lipinski definition) is 2. The summed E-state index contributed by atoms with van der Waals surface area (Å²) < 4.78 is 6.00. The van der Waals surface area contributed by atoms with Crippen LogP contribution >= 0.6 is 0 Å². The first-order chi connectivity index (χ1) is 7.65. The molecule has 0 spiro atoms. The normalized spacial score (nSPS) is 25.4. The Hall–Kier alpha value is -1.02. The summed E-state index contributed by atoms with van der Waals surface area (Å²) in [6.07, 6.45) is 4.87. The van der Waals surface area contributed by atoms with Gasteiger partial charge in [0.15, 0.2) is 0 Å². The summed E-state index contributed by atoms with van der Waals surface area (Å²) in [6, 6.07) is 6.55. The van der Waals surface area contributed by atoms with Gasteiger partial charge in [-0.1, -0.05) is 12.5 Å². The van der Waals surface area contributed by atoms with Gasteiger partial charge in [-0.3, -0.25) is 0 Å².